The van der Waals surface area contributed by atoms with E-state index in [-0.39, 0.29) is 0 Å². The molecule has 1 aromatic heterocycles. The summed E-state index contributed by atoms with van der Waals surface area (Å²) in [5.41, 5.74) is 0.897. The molecular formula is C16H18N2O2. The van der Waals surface area contributed by atoms with Gasteiger partial charge in [0.15, 0.2) is 0 Å². The van der Waals surface area contributed by atoms with E-state index in [0.717, 1.165) is 24.1 Å². The average molecular weight is 270 g/mol. The Morgan fingerprint density at radius 2 is 1.95 bits per heavy atom. The summed E-state index contributed by atoms with van der Waals surface area (Å²) in [4.78, 5) is 24.4. The Morgan fingerprint density at radius 3 is 2.60 bits per heavy atom. The topological polar surface area (TPSA) is 44.0 Å². The summed E-state index contributed by atoms with van der Waals surface area (Å²) in [5, 5.41) is 0. The van der Waals surface area contributed by atoms with Gasteiger partial charge in [-0.05, 0) is 43.4 Å². The molecule has 1 saturated carbocycles. The third-order valence-electron chi connectivity index (χ3n) is 4.02. The molecule has 2 aromatic rings. The van der Waals surface area contributed by atoms with Crippen molar-refractivity contribution in [3.05, 3.63) is 62.9 Å². The molecule has 1 aliphatic carbocycles. The van der Waals surface area contributed by atoms with E-state index in [4.69, 9.17) is 0 Å². The van der Waals surface area contributed by atoms with Crippen LogP contribution in [0.2, 0.25) is 0 Å². The van der Waals surface area contributed by atoms with Crippen LogP contribution < -0.4 is 11.1 Å². The Balaban J connectivity index is 2.00. The van der Waals surface area contributed by atoms with E-state index >= 15 is 0 Å². The van der Waals surface area contributed by atoms with Crippen molar-refractivity contribution in [2.45, 2.75) is 32.7 Å². The highest BCUT2D eigenvalue weighted by Crippen LogP contribution is 2.27. The summed E-state index contributed by atoms with van der Waals surface area (Å²) < 4.78 is 2.98. The SMILES string of the molecule is Cc1cccc(-n2ccn(CC3CCC3)c(=O)c2=O)c1. The summed E-state index contributed by atoms with van der Waals surface area (Å²) >= 11 is 0. The van der Waals surface area contributed by atoms with E-state index in [9.17, 15) is 9.59 Å². The highest BCUT2D eigenvalue weighted by molar-refractivity contribution is 5.35. The molecule has 0 atom stereocenters. The Morgan fingerprint density at radius 1 is 1.15 bits per heavy atom. The van der Waals surface area contributed by atoms with Crippen molar-refractivity contribution in [1.82, 2.24) is 9.13 Å². The second-order valence-corrected chi connectivity index (χ2v) is 5.57. The second-order valence-electron chi connectivity index (χ2n) is 5.57. The fourth-order valence-electron chi connectivity index (χ4n) is 2.59. The summed E-state index contributed by atoms with van der Waals surface area (Å²) in [6.45, 7) is 2.63. The van der Waals surface area contributed by atoms with Gasteiger partial charge in [0, 0.05) is 24.6 Å². The number of aryl methyl sites for hydroxylation is 1. The molecule has 0 bridgehead atoms. The van der Waals surface area contributed by atoms with Gasteiger partial charge in [-0.15, -0.1) is 0 Å². The van der Waals surface area contributed by atoms with Gasteiger partial charge in [0.2, 0.25) is 0 Å². The molecule has 20 heavy (non-hydrogen) atoms. The molecule has 0 unspecified atom stereocenters. The van der Waals surface area contributed by atoms with Crippen LogP contribution in [0.5, 0.6) is 0 Å². The zero-order chi connectivity index (χ0) is 14.1. The zero-order valence-electron chi connectivity index (χ0n) is 11.6. The predicted molar refractivity (Wildman–Crippen MR) is 78.4 cm³/mol. The number of nitrogens with zero attached hydrogens (tertiary/aromatic N) is 2. The monoisotopic (exact) mass is 270 g/mol. The van der Waals surface area contributed by atoms with Crippen LogP contribution in [-0.4, -0.2) is 9.13 Å². The molecular weight excluding hydrogens is 252 g/mol. The van der Waals surface area contributed by atoms with Gasteiger partial charge in [-0.25, -0.2) is 0 Å². The first-order chi connectivity index (χ1) is 9.65. The van der Waals surface area contributed by atoms with Crippen molar-refractivity contribution in [2.24, 2.45) is 5.92 Å². The van der Waals surface area contributed by atoms with Gasteiger partial charge in [-0.1, -0.05) is 18.6 Å². The average Bonchev–Trinajstić information content (AvgIpc) is 2.38. The molecule has 3 rings (SSSR count). The second kappa shape index (κ2) is 5.12. The lowest BCUT2D eigenvalue weighted by atomic mass is 9.85. The number of benzene rings is 1. The lowest BCUT2D eigenvalue weighted by molar-refractivity contribution is 0.272. The first kappa shape index (κ1) is 12.9. The van der Waals surface area contributed by atoms with Gasteiger partial charge in [0.25, 0.3) is 0 Å². The summed E-state index contributed by atoms with van der Waals surface area (Å²) in [6.07, 6.45) is 6.97. The highest BCUT2D eigenvalue weighted by Gasteiger charge is 2.19. The molecule has 1 aliphatic rings. The number of aromatic nitrogens is 2. The fourth-order valence-corrected chi connectivity index (χ4v) is 2.59. The zero-order valence-corrected chi connectivity index (χ0v) is 11.6. The minimum absolute atomic E-state index is 0.430. The van der Waals surface area contributed by atoms with Crippen LogP contribution >= 0.6 is 0 Å². The molecule has 0 spiro atoms. The first-order valence-electron chi connectivity index (χ1n) is 7.04. The van der Waals surface area contributed by atoms with E-state index in [1.54, 1.807) is 17.0 Å². The maximum Gasteiger partial charge on any atom is 0.320 e. The summed E-state index contributed by atoms with van der Waals surface area (Å²) in [6, 6.07) is 7.59. The van der Waals surface area contributed by atoms with Crippen LogP contribution in [0.4, 0.5) is 0 Å². The highest BCUT2D eigenvalue weighted by atomic mass is 16.2. The number of hydrogen-bond donors (Lipinski definition) is 0. The first-order valence-corrected chi connectivity index (χ1v) is 7.04. The Labute approximate surface area is 117 Å². The molecule has 0 radical (unpaired) electrons. The molecule has 0 N–H and O–H groups in total. The van der Waals surface area contributed by atoms with Gasteiger partial charge < -0.3 is 4.57 Å². The smallest absolute Gasteiger partial charge is 0.309 e. The molecule has 1 heterocycles. The Kier molecular flexibility index (Phi) is 3.30. The van der Waals surface area contributed by atoms with E-state index in [2.05, 4.69) is 0 Å². The molecule has 1 aromatic carbocycles. The van der Waals surface area contributed by atoms with Crippen molar-refractivity contribution in [2.75, 3.05) is 0 Å². The van der Waals surface area contributed by atoms with E-state index in [1.807, 2.05) is 31.2 Å². The Hall–Kier alpha value is -2.10. The van der Waals surface area contributed by atoms with Crippen LogP contribution in [0.1, 0.15) is 24.8 Å². The van der Waals surface area contributed by atoms with Gasteiger partial charge in [0.1, 0.15) is 0 Å². The third-order valence-corrected chi connectivity index (χ3v) is 4.02. The molecule has 0 amide bonds. The van der Waals surface area contributed by atoms with Crippen molar-refractivity contribution in [3.63, 3.8) is 0 Å². The normalized spacial score (nSPS) is 15.1. The van der Waals surface area contributed by atoms with E-state index in [1.165, 1.54) is 11.0 Å². The fraction of sp³-hybridized carbons (Fsp3) is 0.375. The quantitative estimate of drug-likeness (QED) is 0.802. The van der Waals surface area contributed by atoms with Gasteiger partial charge >= 0.3 is 11.1 Å². The molecule has 4 heteroatoms. The number of hydrogen-bond acceptors (Lipinski definition) is 2. The standard InChI is InChI=1S/C16H18N2O2/c1-12-4-2-7-14(10-12)18-9-8-17(15(19)16(18)20)11-13-5-3-6-13/h2,4,7-10,13H,3,5-6,11H2,1H3. The van der Waals surface area contributed by atoms with Gasteiger partial charge in [0.05, 0.1) is 0 Å². The lowest BCUT2D eigenvalue weighted by Crippen LogP contribution is -2.41. The molecule has 1 fully saturated rings. The largest absolute Gasteiger partial charge is 0.320 e. The van der Waals surface area contributed by atoms with Crippen molar-refractivity contribution in [3.8, 4) is 5.69 Å². The van der Waals surface area contributed by atoms with Crippen LogP contribution in [0, 0.1) is 12.8 Å². The van der Waals surface area contributed by atoms with E-state index in [0.29, 0.717) is 12.5 Å². The minimum Gasteiger partial charge on any atom is -0.309 e. The van der Waals surface area contributed by atoms with Crippen LogP contribution in [0.15, 0.2) is 46.2 Å². The molecule has 0 aliphatic heterocycles. The van der Waals surface area contributed by atoms with Crippen LogP contribution in [0.25, 0.3) is 5.69 Å². The number of rotatable bonds is 3. The minimum atomic E-state index is -0.475. The third kappa shape index (κ3) is 2.33. The molecule has 4 nitrogen and oxygen atoms in total. The van der Waals surface area contributed by atoms with Crippen molar-refractivity contribution >= 4 is 0 Å². The summed E-state index contributed by atoms with van der Waals surface area (Å²) in [7, 11) is 0. The van der Waals surface area contributed by atoms with Gasteiger partial charge in [-0.3, -0.25) is 14.2 Å². The maximum atomic E-state index is 12.2. The molecule has 0 saturated heterocycles. The Bertz CT molecular complexity index is 739. The summed E-state index contributed by atoms with van der Waals surface area (Å²) in [5.74, 6) is 0.557. The lowest BCUT2D eigenvalue weighted by Gasteiger charge is -2.25. The van der Waals surface area contributed by atoms with Crippen molar-refractivity contribution < 1.29 is 0 Å². The van der Waals surface area contributed by atoms with Crippen molar-refractivity contribution in [1.29, 1.82) is 0 Å². The predicted octanol–water partition coefficient (Wildman–Crippen LogP) is 2.11. The molecule has 104 valence electrons. The van der Waals surface area contributed by atoms with Gasteiger partial charge in [-0.2, -0.15) is 0 Å². The van der Waals surface area contributed by atoms with E-state index < -0.39 is 11.1 Å². The van der Waals surface area contributed by atoms with Crippen LogP contribution in [-0.2, 0) is 6.54 Å². The maximum absolute atomic E-state index is 12.2. The van der Waals surface area contributed by atoms with Crippen LogP contribution in [0.3, 0.4) is 0 Å².